The molecule has 1 aromatic heterocycles. The number of hydrogen-bond donors (Lipinski definition) is 1. The molecule has 1 N–H and O–H groups in total. The van der Waals surface area contributed by atoms with Crippen molar-refractivity contribution in [1.82, 2.24) is 5.32 Å². The van der Waals surface area contributed by atoms with Crippen LogP contribution in [0.15, 0.2) is 82.3 Å². The SMILES string of the molecule is C[C@H](NC(=O)/C(=C/c1ccco1)c1ccccc1)c1ccc(S(C)(=O)=O)cc1. The van der Waals surface area contributed by atoms with Gasteiger partial charge in [-0.05, 0) is 48.4 Å². The number of nitrogens with one attached hydrogen (secondary N) is 1. The Bertz CT molecular complexity index is 1070. The Morgan fingerprint density at radius 3 is 2.25 bits per heavy atom. The van der Waals surface area contributed by atoms with Gasteiger partial charge < -0.3 is 9.73 Å². The van der Waals surface area contributed by atoms with Crippen LogP contribution in [0.3, 0.4) is 0 Å². The molecule has 0 aliphatic carbocycles. The lowest BCUT2D eigenvalue weighted by Gasteiger charge is -2.16. The van der Waals surface area contributed by atoms with E-state index >= 15 is 0 Å². The molecule has 28 heavy (non-hydrogen) atoms. The van der Waals surface area contributed by atoms with Gasteiger partial charge in [0.05, 0.1) is 22.8 Å². The largest absolute Gasteiger partial charge is 0.465 e. The third kappa shape index (κ3) is 4.78. The van der Waals surface area contributed by atoms with Crippen molar-refractivity contribution in [2.75, 3.05) is 6.26 Å². The second-order valence-corrected chi connectivity index (χ2v) is 8.49. The number of hydrogen-bond acceptors (Lipinski definition) is 4. The van der Waals surface area contributed by atoms with Crippen LogP contribution in [0.2, 0.25) is 0 Å². The first-order valence-electron chi connectivity index (χ1n) is 8.76. The van der Waals surface area contributed by atoms with E-state index in [2.05, 4.69) is 5.32 Å². The van der Waals surface area contributed by atoms with Crippen molar-refractivity contribution in [3.8, 4) is 0 Å². The first-order chi connectivity index (χ1) is 13.3. The van der Waals surface area contributed by atoms with Crippen LogP contribution in [0.25, 0.3) is 11.6 Å². The van der Waals surface area contributed by atoms with Gasteiger partial charge in [0.2, 0.25) is 0 Å². The van der Waals surface area contributed by atoms with Crippen molar-refractivity contribution in [1.29, 1.82) is 0 Å². The summed E-state index contributed by atoms with van der Waals surface area (Å²) in [7, 11) is -3.25. The molecule has 2 aromatic carbocycles. The number of furan rings is 1. The fraction of sp³-hybridized carbons (Fsp3) is 0.136. The molecular formula is C22H21NO4S. The standard InChI is InChI=1S/C22H21NO4S/c1-16(17-10-12-20(13-11-17)28(2,25)26)23-22(24)21(15-19-9-6-14-27-19)18-7-4-3-5-8-18/h3-16H,1-2H3,(H,23,24)/b21-15+/t16-/m0/s1. The molecule has 0 saturated heterocycles. The van der Waals surface area contributed by atoms with Crippen LogP contribution in [0.5, 0.6) is 0 Å². The summed E-state index contributed by atoms with van der Waals surface area (Å²) in [5.74, 6) is 0.335. The molecule has 0 bridgehead atoms. The Hall–Kier alpha value is -3.12. The topological polar surface area (TPSA) is 76.4 Å². The molecular weight excluding hydrogens is 374 g/mol. The maximum atomic E-state index is 13.0. The molecule has 0 fully saturated rings. The van der Waals surface area contributed by atoms with E-state index in [1.807, 2.05) is 37.3 Å². The molecule has 0 spiro atoms. The van der Waals surface area contributed by atoms with E-state index in [-0.39, 0.29) is 16.8 Å². The van der Waals surface area contributed by atoms with Crippen LogP contribution in [-0.4, -0.2) is 20.6 Å². The molecule has 1 atom stereocenters. The maximum absolute atomic E-state index is 13.0. The molecule has 0 radical (unpaired) electrons. The zero-order valence-electron chi connectivity index (χ0n) is 15.6. The third-order valence-corrected chi connectivity index (χ3v) is 5.44. The average molecular weight is 395 g/mol. The third-order valence-electron chi connectivity index (χ3n) is 4.32. The summed E-state index contributed by atoms with van der Waals surface area (Å²) >= 11 is 0. The minimum Gasteiger partial charge on any atom is -0.465 e. The van der Waals surface area contributed by atoms with E-state index in [1.165, 1.54) is 6.26 Å². The lowest BCUT2D eigenvalue weighted by molar-refractivity contribution is -0.116. The number of carbonyl (C=O) groups excluding carboxylic acids is 1. The van der Waals surface area contributed by atoms with Crippen LogP contribution in [0.1, 0.15) is 29.9 Å². The van der Waals surface area contributed by atoms with E-state index in [4.69, 9.17) is 4.42 Å². The van der Waals surface area contributed by atoms with Crippen LogP contribution in [-0.2, 0) is 14.6 Å². The Kier molecular flexibility index (Phi) is 5.80. The fourth-order valence-corrected chi connectivity index (χ4v) is 3.41. The Labute approximate surface area is 164 Å². The van der Waals surface area contributed by atoms with Gasteiger partial charge in [0, 0.05) is 6.26 Å². The van der Waals surface area contributed by atoms with Gasteiger partial charge >= 0.3 is 0 Å². The zero-order chi connectivity index (χ0) is 20.1. The predicted octanol–water partition coefficient (Wildman–Crippen LogP) is 4.10. The van der Waals surface area contributed by atoms with Gasteiger partial charge in [-0.1, -0.05) is 42.5 Å². The number of carbonyl (C=O) groups is 1. The smallest absolute Gasteiger partial charge is 0.252 e. The van der Waals surface area contributed by atoms with Crippen molar-refractivity contribution >= 4 is 27.4 Å². The molecule has 1 heterocycles. The van der Waals surface area contributed by atoms with Gasteiger partial charge in [-0.25, -0.2) is 8.42 Å². The summed E-state index contributed by atoms with van der Waals surface area (Å²) in [5.41, 5.74) is 2.07. The van der Waals surface area contributed by atoms with Gasteiger partial charge in [0.15, 0.2) is 9.84 Å². The minimum absolute atomic E-state index is 0.248. The Morgan fingerprint density at radius 2 is 1.68 bits per heavy atom. The van der Waals surface area contributed by atoms with Gasteiger partial charge in [-0.15, -0.1) is 0 Å². The lowest BCUT2D eigenvalue weighted by Crippen LogP contribution is -2.27. The quantitative estimate of drug-likeness (QED) is 0.638. The number of benzene rings is 2. The van der Waals surface area contributed by atoms with E-state index in [0.717, 1.165) is 11.1 Å². The predicted molar refractivity (Wildman–Crippen MR) is 109 cm³/mol. The van der Waals surface area contributed by atoms with Gasteiger partial charge in [0.25, 0.3) is 5.91 Å². The Morgan fingerprint density at radius 1 is 1.00 bits per heavy atom. The summed E-state index contributed by atoms with van der Waals surface area (Å²) in [4.78, 5) is 13.2. The summed E-state index contributed by atoms with van der Waals surface area (Å²) in [6.45, 7) is 1.85. The molecule has 0 aliphatic rings. The molecule has 144 valence electrons. The summed E-state index contributed by atoms with van der Waals surface area (Å²) in [6, 6.07) is 19.1. The molecule has 0 saturated carbocycles. The summed E-state index contributed by atoms with van der Waals surface area (Å²) in [6.07, 6.45) is 4.42. The van der Waals surface area contributed by atoms with Crippen LogP contribution < -0.4 is 5.32 Å². The van der Waals surface area contributed by atoms with E-state index < -0.39 is 9.84 Å². The highest BCUT2D eigenvalue weighted by molar-refractivity contribution is 7.90. The van der Waals surface area contributed by atoms with Gasteiger partial charge in [-0.2, -0.15) is 0 Å². The van der Waals surface area contributed by atoms with Crippen molar-refractivity contribution in [3.63, 3.8) is 0 Å². The first-order valence-corrected chi connectivity index (χ1v) is 10.7. The minimum atomic E-state index is -3.25. The van der Waals surface area contributed by atoms with Crippen molar-refractivity contribution < 1.29 is 17.6 Å². The van der Waals surface area contributed by atoms with Crippen LogP contribution >= 0.6 is 0 Å². The molecule has 5 nitrogen and oxygen atoms in total. The Balaban J connectivity index is 1.84. The van der Waals surface area contributed by atoms with Crippen molar-refractivity contribution in [3.05, 3.63) is 89.9 Å². The molecule has 0 aliphatic heterocycles. The van der Waals surface area contributed by atoms with Crippen molar-refractivity contribution in [2.45, 2.75) is 17.9 Å². The molecule has 3 aromatic rings. The van der Waals surface area contributed by atoms with Crippen LogP contribution in [0, 0.1) is 0 Å². The fourth-order valence-electron chi connectivity index (χ4n) is 2.77. The van der Waals surface area contributed by atoms with E-state index in [1.54, 1.807) is 48.7 Å². The van der Waals surface area contributed by atoms with E-state index in [0.29, 0.717) is 11.3 Å². The monoisotopic (exact) mass is 395 g/mol. The van der Waals surface area contributed by atoms with E-state index in [9.17, 15) is 13.2 Å². The lowest BCUT2D eigenvalue weighted by atomic mass is 10.0. The zero-order valence-corrected chi connectivity index (χ0v) is 16.4. The molecule has 0 unspecified atom stereocenters. The second-order valence-electron chi connectivity index (χ2n) is 6.48. The highest BCUT2D eigenvalue weighted by Gasteiger charge is 2.17. The average Bonchev–Trinajstić information content (AvgIpc) is 3.19. The van der Waals surface area contributed by atoms with Gasteiger partial charge in [0.1, 0.15) is 5.76 Å². The molecule has 3 rings (SSSR count). The second kappa shape index (κ2) is 8.27. The van der Waals surface area contributed by atoms with Gasteiger partial charge in [-0.3, -0.25) is 4.79 Å². The maximum Gasteiger partial charge on any atom is 0.252 e. The van der Waals surface area contributed by atoms with Crippen LogP contribution in [0.4, 0.5) is 0 Å². The normalized spacial score (nSPS) is 13.1. The highest BCUT2D eigenvalue weighted by Crippen LogP contribution is 2.22. The number of sulfone groups is 1. The van der Waals surface area contributed by atoms with Crippen molar-refractivity contribution in [2.24, 2.45) is 0 Å². The molecule has 6 heteroatoms. The number of amides is 1. The number of rotatable bonds is 6. The first kappa shape index (κ1) is 19.6. The summed E-state index contributed by atoms with van der Waals surface area (Å²) in [5, 5.41) is 2.97. The summed E-state index contributed by atoms with van der Waals surface area (Å²) < 4.78 is 28.6. The molecule has 1 amide bonds. The highest BCUT2D eigenvalue weighted by atomic mass is 32.2.